The number of fused-ring (bicyclic) bond motifs is 1. The Bertz CT molecular complexity index is 983. The van der Waals surface area contributed by atoms with Gasteiger partial charge < -0.3 is 21.1 Å². The molecule has 0 atom stereocenters. The van der Waals surface area contributed by atoms with Crippen LogP contribution in [0, 0.1) is 5.41 Å². The van der Waals surface area contributed by atoms with Gasteiger partial charge in [-0.05, 0) is 50.2 Å². The molecule has 27 heavy (non-hydrogen) atoms. The highest BCUT2D eigenvalue weighted by molar-refractivity contribution is 6.14. The number of rotatable bonds is 3. The fourth-order valence-electron chi connectivity index (χ4n) is 3.64. The van der Waals surface area contributed by atoms with Gasteiger partial charge in [-0.15, -0.1) is 0 Å². The smallest absolute Gasteiger partial charge is 0.135 e. The maximum Gasteiger partial charge on any atom is 0.135 e. The molecule has 1 saturated heterocycles. The quantitative estimate of drug-likeness (QED) is 0.674. The van der Waals surface area contributed by atoms with E-state index in [1.165, 1.54) is 0 Å². The fraction of sp³-hybridized carbons (Fsp3) is 0.286. The topological polar surface area (TPSA) is 93.9 Å². The molecule has 0 unspecified atom stereocenters. The molecule has 0 bridgehead atoms. The second kappa shape index (κ2) is 7.32. The minimum absolute atomic E-state index is 0.0583. The Morgan fingerprint density at radius 2 is 2.07 bits per heavy atom. The molecule has 4 N–H and O–H groups in total. The number of aromatic nitrogens is 2. The van der Waals surface area contributed by atoms with Crippen molar-refractivity contribution in [3.63, 3.8) is 0 Å². The summed E-state index contributed by atoms with van der Waals surface area (Å²) in [5.41, 5.74) is 3.99. The highest BCUT2D eigenvalue weighted by Gasteiger charge is 2.20. The van der Waals surface area contributed by atoms with E-state index in [1.807, 2.05) is 6.07 Å². The zero-order valence-corrected chi connectivity index (χ0v) is 15.3. The lowest BCUT2D eigenvalue weighted by Gasteiger charge is -2.22. The third-order valence-corrected chi connectivity index (χ3v) is 5.14. The van der Waals surface area contributed by atoms with Gasteiger partial charge in [-0.1, -0.05) is 6.07 Å². The predicted octanol–water partition coefficient (Wildman–Crippen LogP) is 3.06. The Morgan fingerprint density at radius 1 is 1.26 bits per heavy atom. The van der Waals surface area contributed by atoms with Crippen molar-refractivity contribution < 1.29 is 5.11 Å². The van der Waals surface area contributed by atoms with Crippen LogP contribution in [0.15, 0.2) is 54.1 Å². The lowest BCUT2D eigenvalue weighted by Crippen LogP contribution is -2.27. The number of nitrogens with one attached hydrogen (secondary N) is 3. The summed E-state index contributed by atoms with van der Waals surface area (Å²) in [5, 5.41) is 25.8. The first kappa shape index (κ1) is 17.4. The molecule has 0 saturated carbocycles. The third-order valence-electron chi connectivity index (χ3n) is 5.14. The first-order valence-electron chi connectivity index (χ1n) is 9.23. The van der Waals surface area contributed by atoms with E-state index in [9.17, 15) is 5.11 Å². The van der Waals surface area contributed by atoms with Gasteiger partial charge in [-0.3, -0.25) is 9.97 Å². The summed E-state index contributed by atoms with van der Waals surface area (Å²) in [6.45, 7) is 2.08. The summed E-state index contributed by atoms with van der Waals surface area (Å²) in [5.74, 6) is 0.562. The summed E-state index contributed by atoms with van der Waals surface area (Å²) in [6.07, 6.45) is 9.02. The molecule has 1 aliphatic heterocycles. The number of hydrogen-bond acceptors (Lipinski definition) is 6. The minimum atomic E-state index is 0.0583. The third kappa shape index (κ3) is 3.36. The Morgan fingerprint density at radius 3 is 2.85 bits per heavy atom. The molecule has 6 heteroatoms. The Balaban J connectivity index is 1.70. The van der Waals surface area contributed by atoms with Crippen LogP contribution in [0.25, 0.3) is 16.5 Å². The van der Waals surface area contributed by atoms with Crippen LogP contribution in [0.3, 0.4) is 0 Å². The molecule has 0 radical (unpaired) electrons. The van der Waals surface area contributed by atoms with Gasteiger partial charge >= 0.3 is 0 Å². The Kier molecular flexibility index (Phi) is 4.73. The fourth-order valence-corrected chi connectivity index (χ4v) is 3.64. The molecule has 2 aliphatic rings. The number of allylic oxidation sites excluding steroid dienone is 4. The van der Waals surface area contributed by atoms with Gasteiger partial charge in [-0.2, -0.15) is 0 Å². The molecule has 6 nitrogen and oxygen atoms in total. The summed E-state index contributed by atoms with van der Waals surface area (Å²) in [6, 6.07) is 6.13. The number of piperidine rings is 1. The van der Waals surface area contributed by atoms with E-state index in [0.29, 0.717) is 22.8 Å². The SMILES string of the molecule is CN/C=C1\C(=N)C=CC(c2cc3ccc(C4CCNCC4)nc3cn2)=C1O. The van der Waals surface area contributed by atoms with Crippen LogP contribution in [0.5, 0.6) is 0 Å². The molecule has 1 fully saturated rings. The van der Waals surface area contributed by atoms with E-state index < -0.39 is 0 Å². The molecule has 0 amide bonds. The maximum atomic E-state index is 10.6. The lowest BCUT2D eigenvalue weighted by atomic mass is 9.93. The standard InChI is InChI=1S/C21H23N5O/c1-23-11-16-17(22)4-3-15(21(16)27)19-10-14-2-5-18(26-20(14)12-25-19)13-6-8-24-9-7-13/h2-5,10-13,22-24,27H,6-9H2,1H3/b16-11+,22-17?. The van der Waals surface area contributed by atoms with Crippen molar-refractivity contribution in [1.82, 2.24) is 20.6 Å². The van der Waals surface area contributed by atoms with Crippen molar-refractivity contribution >= 4 is 22.2 Å². The van der Waals surface area contributed by atoms with Crippen LogP contribution in [0.2, 0.25) is 0 Å². The van der Waals surface area contributed by atoms with Gasteiger partial charge in [0.05, 0.1) is 28.7 Å². The average Bonchev–Trinajstić information content (AvgIpc) is 2.71. The van der Waals surface area contributed by atoms with Gasteiger partial charge in [0.2, 0.25) is 0 Å². The van der Waals surface area contributed by atoms with Gasteiger partial charge in [0.25, 0.3) is 0 Å². The number of aliphatic hydroxyl groups excluding tert-OH is 1. The zero-order valence-electron chi connectivity index (χ0n) is 15.3. The van der Waals surface area contributed by atoms with Gasteiger partial charge in [0, 0.05) is 35.8 Å². The average molecular weight is 361 g/mol. The van der Waals surface area contributed by atoms with Crippen LogP contribution in [-0.4, -0.2) is 40.9 Å². The predicted molar refractivity (Wildman–Crippen MR) is 108 cm³/mol. The van der Waals surface area contributed by atoms with Crippen molar-refractivity contribution in [3.05, 3.63) is 65.5 Å². The molecule has 1 aliphatic carbocycles. The van der Waals surface area contributed by atoms with Gasteiger partial charge in [0.15, 0.2) is 0 Å². The van der Waals surface area contributed by atoms with E-state index in [4.69, 9.17) is 10.4 Å². The van der Waals surface area contributed by atoms with E-state index >= 15 is 0 Å². The molecule has 2 aromatic heterocycles. The van der Waals surface area contributed by atoms with E-state index in [2.05, 4.69) is 27.8 Å². The first-order valence-corrected chi connectivity index (χ1v) is 9.23. The molecular formula is C21H23N5O. The Hall–Kier alpha value is -2.99. The molecule has 138 valence electrons. The van der Waals surface area contributed by atoms with Crippen molar-refractivity contribution in [1.29, 1.82) is 5.41 Å². The highest BCUT2D eigenvalue weighted by atomic mass is 16.3. The van der Waals surface area contributed by atoms with E-state index in [0.717, 1.165) is 42.5 Å². The molecule has 2 aromatic rings. The lowest BCUT2D eigenvalue weighted by molar-refractivity contribution is 0.430. The summed E-state index contributed by atoms with van der Waals surface area (Å²) >= 11 is 0. The normalized spacial score (nSPS) is 19.9. The number of pyridine rings is 2. The summed E-state index contributed by atoms with van der Waals surface area (Å²) in [4.78, 5) is 9.34. The van der Waals surface area contributed by atoms with Crippen LogP contribution in [0.4, 0.5) is 0 Å². The second-order valence-electron chi connectivity index (χ2n) is 6.88. The van der Waals surface area contributed by atoms with E-state index in [1.54, 1.807) is 31.6 Å². The molecule has 0 aromatic carbocycles. The maximum absolute atomic E-state index is 10.6. The van der Waals surface area contributed by atoms with Crippen LogP contribution in [0.1, 0.15) is 30.1 Å². The van der Waals surface area contributed by atoms with Gasteiger partial charge in [0.1, 0.15) is 5.76 Å². The van der Waals surface area contributed by atoms with Gasteiger partial charge in [-0.25, -0.2) is 0 Å². The number of nitrogens with zero attached hydrogens (tertiary/aromatic N) is 2. The van der Waals surface area contributed by atoms with E-state index in [-0.39, 0.29) is 11.5 Å². The Labute approximate surface area is 158 Å². The van der Waals surface area contributed by atoms with Crippen molar-refractivity contribution in [2.24, 2.45) is 0 Å². The molecule has 0 spiro atoms. The zero-order chi connectivity index (χ0) is 18.8. The molecule has 4 rings (SSSR count). The largest absolute Gasteiger partial charge is 0.506 e. The van der Waals surface area contributed by atoms with Crippen molar-refractivity contribution in [3.8, 4) is 0 Å². The van der Waals surface area contributed by atoms with Crippen molar-refractivity contribution in [2.45, 2.75) is 18.8 Å². The minimum Gasteiger partial charge on any atom is -0.506 e. The number of aliphatic hydroxyl groups is 1. The second-order valence-corrected chi connectivity index (χ2v) is 6.88. The highest BCUT2D eigenvalue weighted by Crippen LogP contribution is 2.29. The van der Waals surface area contributed by atoms with Crippen LogP contribution >= 0.6 is 0 Å². The van der Waals surface area contributed by atoms with Crippen molar-refractivity contribution in [2.75, 3.05) is 20.1 Å². The summed E-state index contributed by atoms with van der Waals surface area (Å²) in [7, 11) is 1.74. The molecular weight excluding hydrogens is 338 g/mol. The van der Waals surface area contributed by atoms with Crippen LogP contribution < -0.4 is 10.6 Å². The first-order chi connectivity index (χ1) is 13.2. The summed E-state index contributed by atoms with van der Waals surface area (Å²) < 4.78 is 0. The molecule has 3 heterocycles. The number of hydrogen-bond donors (Lipinski definition) is 4. The monoisotopic (exact) mass is 361 g/mol. The van der Waals surface area contributed by atoms with Crippen LogP contribution in [-0.2, 0) is 0 Å².